The van der Waals surface area contributed by atoms with E-state index in [-0.39, 0.29) is 0 Å². The van der Waals surface area contributed by atoms with Crippen molar-refractivity contribution < 1.29 is 4.79 Å². The van der Waals surface area contributed by atoms with E-state index < -0.39 is 0 Å². The number of hydrogen-bond acceptors (Lipinski definition) is 1. The lowest BCUT2D eigenvalue weighted by atomic mass is 9.96. The van der Waals surface area contributed by atoms with Crippen LogP contribution in [0.2, 0.25) is 0 Å². The van der Waals surface area contributed by atoms with Crippen LogP contribution in [0.15, 0.2) is 24.3 Å². The van der Waals surface area contributed by atoms with Gasteiger partial charge < -0.3 is 4.90 Å². The van der Waals surface area contributed by atoms with Crippen LogP contribution in [-0.2, 0) is 11.3 Å². The third-order valence-corrected chi connectivity index (χ3v) is 4.63. The molecule has 0 aromatic heterocycles. The molecule has 0 bridgehead atoms. The van der Waals surface area contributed by atoms with Crippen molar-refractivity contribution in [1.82, 2.24) is 4.90 Å². The first kappa shape index (κ1) is 14.8. The second kappa shape index (κ2) is 7.27. The lowest BCUT2D eigenvalue weighted by Gasteiger charge is -2.21. The number of hydrogen-bond donors (Lipinski definition) is 0. The third-order valence-electron chi connectivity index (χ3n) is 3.91. The lowest BCUT2D eigenvalue weighted by Crippen LogP contribution is -2.29. The van der Waals surface area contributed by atoms with Crippen molar-refractivity contribution in [1.29, 1.82) is 0 Å². The van der Waals surface area contributed by atoms with Gasteiger partial charge in [0.05, 0.1) is 0 Å². The first-order chi connectivity index (χ1) is 9.19. The molecule has 1 amide bonds. The van der Waals surface area contributed by atoms with Crippen molar-refractivity contribution in [2.45, 2.75) is 45.6 Å². The SMILES string of the molecule is CCCC1CCC(=O)N(Cc2ccc(I)cc2)CC1. The summed E-state index contributed by atoms with van der Waals surface area (Å²) in [6, 6.07) is 8.48. The van der Waals surface area contributed by atoms with E-state index in [1.807, 2.05) is 4.90 Å². The van der Waals surface area contributed by atoms with Crippen LogP contribution in [-0.4, -0.2) is 17.4 Å². The minimum Gasteiger partial charge on any atom is -0.338 e. The molecule has 0 radical (unpaired) electrons. The Hall–Kier alpha value is -0.580. The normalized spacial score (nSPS) is 20.4. The Morgan fingerprint density at radius 1 is 1.26 bits per heavy atom. The van der Waals surface area contributed by atoms with Gasteiger partial charge in [0.15, 0.2) is 0 Å². The van der Waals surface area contributed by atoms with E-state index in [4.69, 9.17) is 0 Å². The second-order valence-electron chi connectivity index (χ2n) is 5.42. The van der Waals surface area contributed by atoms with Gasteiger partial charge in [-0.2, -0.15) is 0 Å². The highest BCUT2D eigenvalue weighted by atomic mass is 127. The first-order valence-corrected chi connectivity index (χ1v) is 8.29. The standard InChI is InChI=1S/C16H22INO/c1-2-3-13-6-9-16(19)18(11-10-13)12-14-4-7-15(17)8-5-14/h4-5,7-8,13H,2-3,6,9-12H2,1H3. The zero-order valence-corrected chi connectivity index (χ0v) is 13.7. The molecule has 1 aromatic rings. The molecule has 1 atom stereocenters. The van der Waals surface area contributed by atoms with Crippen molar-refractivity contribution in [3.63, 3.8) is 0 Å². The number of benzene rings is 1. The number of carbonyl (C=O) groups is 1. The molecule has 0 saturated carbocycles. The molecule has 1 aromatic carbocycles. The van der Waals surface area contributed by atoms with Gasteiger partial charge in [0.1, 0.15) is 0 Å². The first-order valence-electron chi connectivity index (χ1n) is 7.21. The summed E-state index contributed by atoms with van der Waals surface area (Å²) in [4.78, 5) is 14.2. The summed E-state index contributed by atoms with van der Waals surface area (Å²) in [6.45, 7) is 3.93. The highest BCUT2D eigenvalue weighted by molar-refractivity contribution is 14.1. The van der Waals surface area contributed by atoms with Gasteiger partial charge in [-0.05, 0) is 59.0 Å². The molecule has 1 fully saturated rings. The van der Waals surface area contributed by atoms with E-state index >= 15 is 0 Å². The number of nitrogens with zero attached hydrogens (tertiary/aromatic N) is 1. The average Bonchev–Trinajstić information content (AvgIpc) is 2.57. The molecule has 1 saturated heterocycles. The van der Waals surface area contributed by atoms with Crippen LogP contribution < -0.4 is 0 Å². The predicted octanol–water partition coefficient (Wildman–Crippen LogP) is 4.22. The smallest absolute Gasteiger partial charge is 0.222 e. The Labute approximate surface area is 129 Å². The van der Waals surface area contributed by atoms with Crippen molar-refractivity contribution in [3.8, 4) is 0 Å². The van der Waals surface area contributed by atoms with Gasteiger partial charge >= 0.3 is 0 Å². The Kier molecular flexibility index (Phi) is 5.67. The molecule has 2 nitrogen and oxygen atoms in total. The Bertz CT molecular complexity index is 415. The maximum Gasteiger partial charge on any atom is 0.222 e. The number of halogens is 1. The third kappa shape index (κ3) is 4.48. The zero-order valence-electron chi connectivity index (χ0n) is 11.6. The molecular formula is C16H22INO. The summed E-state index contributed by atoms with van der Waals surface area (Å²) in [5.41, 5.74) is 1.24. The van der Waals surface area contributed by atoms with Crippen molar-refractivity contribution in [3.05, 3.63) is 33.4 Å². The van der Waals surface area contributed by atoms with Gasteiger partial charge in [-0.1, -0.05) is 31.9 Å². The number of likely N-dealkylation sites (tertiary alicyclic amines) is 1. The van der Waals surface area contributed by atoms with Crippen molar-refractivity contribution in [2.24, 2.45) is 5.92 Å². The summed E-state index contributed by atoms with van der Waals surface area (Å²) in [5, 5.41) is 0. The van der Waals surface area contributed by atoms with Crippen molar-refractivity contribution in [2.75, 3.05) is 6.54 Å². The highest BCUT2D eigenvalue weighted by Gasteiger charge is 2.21. The molecule has 1 aliphatic heterocycles. The summed E-state index contributed by atoms with van der Waals surface area (Å²) < 4.78 is 1.24. The molecule has 0 spiro atoms. The van der Waals surface area contributed by atoms with E-state index in [1.165, 1.54) is 28.4 Å². The minimum atomic E-state index is 0.331. The van der Waals surface area contributed by atoms with Crippen LogP contribution in [0, 0.1) is 9.49 Å². The zero-order chi connectivity index (χ0) is 13.7. The maximum absolute atomic E-state index is 12.2. The fourth-order valence-electron chi connectivity index (χ4n) is 2.77. The summed E-state index contributed by atoms with van der Waals surface area (Å²) in [6.07, 6.45) is 5.48. The molecular weight excluding hydrogens is 349 g/mol. The van der Waals surface area contributed by atoms with Crippen LogP contribution in [0.4, 0.5) is 0 Å². The van der Waals surface area contributed by atoms with E-state index in [0.717, 1.165) is 31.8 Å². The number of rotatable bonds is 4. The molecule has 0 N–H and O–H groups in total. The molecule has 1 aliphatic rings. The van der Waals surface area contributed by atoms with Crippen LogP contribution in [0.5, 0.6) is 0 Å². The molecule has 2 rings (SSSR count). The van der Waals surface area contributed by atoms with Crippen LogP contribution in [0.25, 0.3) is 0 Å². The highest BCUT2D eigenvalue weighted by Crippen LogP contribution is 2.23. The predicted molar refractivity (Wildman–Crippen MR) is 86.8 cm³/mol. The van der Waals surface area contributed by atoms with Gasteiger partial charge in [0, 0.05) is 23.1 Å². The topological polar surface area (TPSA) is 20.3 Å². The fourth-order valence-corrected chi connectivity index (χ4v) is 3.13. The minimum absolute atomic E-state index is 0.331. The van der Waals surface area contributed by atoms with Gasteiger partial charge in [-0.25, -0.2) is 0 Å². The lowest BCUT2D eigenvalue weighted by molar-refractivity contribution is -0.131. The second-order valence-corrected chi connectivity index (χ2v) is 6.67. The summed E-state index contributed by atoms with van der Waals surface area (Å²) >= 11 is 2.31. The number of amides is 1. The summed E-state index contributed by atoms with van der Waals surface area (Å²) in [7, 11) is 0. The quantitative estimate of drug-likeness (QED) is 0.726. The Morgan fingerprint density at radius 2 is 2.00 bits per heavy atom. The van der Waals surface area contributed by atoms with Gasteiger partial charge in [-0.15, -0.1) is 0 Å². The van der Waals surface area contributed by atoms with Crippen LogP contribution in [0.3, 0.4) is 0 Å². The van der Waals surface area contributed by atoms with E-state index in [2.05, 4.69) is 53.8 Å². The van der Waals surface area contributed by atoms with Gasteiger partial charge in [-0.3, -0.25) is 4.79 Å². The Balaban J connectivity index is 1.95. The summed E-state index contributed by atoms with van der Waals surface area (Å²) in [5.74, 6) is 1.08. The van der Waals surface area contributed by atoms with Crippen LogP contribution >= 0.6 is 22.6 Å². The van der Waals surface area contributed by atoms with E-state index in [1.54, 1.807) is 0 Å². The van der Waals surface area contributed by atoms with Crippen LogP contribution in [0.1, 0.15) is 44.6 Å². The molecule has 104 valence electrons. The number of carbonyl (C=O) groups excluding carboxylic acids is 1. The molecule has 1 heterocycles. The van der Waals surface area contributed by atoms with E-state index in [9.17, 15) is 4.79 Å². The molecule has 0 aliphatic carbocycles. The largest absolute Gasteiger partial charge is 0.338 e. The molecule has 1 unspecified atom stereocenters. The molecule has 19 heavy (non-hydrogen) atoms. The average molecular weight is 371 g/mol. The Morgan fingerprint density at radius 3 is 2.68 bits per heavy atom. The molecule has 3 heteroatoms. The van der Waals surface area contributed by atoms with E-state index in [0.29, 0.717) is 5.91 Å². The van der Waals surface area contributed by atoms with Gasteiger partial charge in [0.2, 0.25) is 5.91 Å². The van der Waals surface area contributed by atoms with Gasteiger partial charge in [0.25, 0.3) is 0 Å². The monoisotopic (exact) mass is 371 g/mol. The maximum atomic E-state index is 12.2. The fraction of sp³-hybridized carbons (Fsp3) is 0.562. The van der Waals surface area contributed by atoms with Crippen molar-refractivity contribution >= 4 is 28.5 Å².